The Kier molecular flexibility index (Phi) is 5.22. The van der Waals surface area contributed by atoms with E-state index in [9.17, 15) is 13.2 Å². The molecule has 7 heteroatoms. The van der Waals surface area contributed by atoms with Gasteiger partial charge in [0.2, 0.25) is 15.9 Å². The standard InChI is InChI=1S/C17H24N2O4S/c18-17(20)16-12-19(10-11-23-16)24(21,22)15-8-6-14(7-9-15)13-4-2-1-3-5-13/h6-9,13,16H,1-5,10-12H2,(H2,18,20). The number of hydrogen-bond donors (Lipinski definition) is 1. The number of primary amides is 1. The Labute approximate surface area is 143 Å². The van der Waals surface area contributed by atoms with Crippen molar-refractivity contribution < 1.29 is 17.9 Å². The van der Waals surface area contributed by atoms with Crippen molar-refractivity contribution in [3.63, 3.8) is 0 Å². The van der Waals surface area contributed by atoms with Crippen LogP contribution in [0.25, 0.3) is 0 Å². The van der Waals surface area contributed by atoms with Crippen molar-refractivity contribution in [1.82, 2.24) is 4.31 Å². The lowest BCUT2D eigenvalue weighted by atomic mass is 9.84. The largest absolute Gasteiger partial charge is 0.367 e. The second-order valence-corrected chi connectivity index (χ2v) is 8.47. The normalized spacial score (nSPS) is 23.9. The van der Waals surface area contributed by atoms with Gasteiger partial charge in [-0.15, -0.1) is 0 Å². The number of sulfonamides is 1. The lowest BCUT2D eigenvalue weighted by molar-refractivity contribution is -0.132. The molecule has 1 aromatic rings. The van der Waals surface area contributed by atoms with Crippen molar-refractivity contribution >= 4 is 15.9 Å². The fraction of sp³-hybridized carbons (Fsp3) is 0.588. The van der Waals surface area contributed by atoms with Crippen LogP contribution in [0.5, 0.6) is 0 Å². The Morgan fingerprint density at radius 1 is 1.12 bits per heavy atom. The monoisotopic (exact) mass is 352 g/mol. The highest BCUT2D eigenvalue weighted by Gasteiger charge is 2.33. The summed E-state index contributed by atoms with van der Waals surface area (Å²) in [4.78, 5) is 11.5. The Balaban J connectivity index is 1.75. The molecule has 2 N–H and O–H groups in total. The molecule has 1 aromatic carbocycles. The molecule has 1 atom stereocenters. The number of rotatable bonds is 4. The third-order valence-electron chi connectivity index (χ3n) is 4.94. The van der Waals surface area contributed by atoms with Crippen LogP contribution in [-0.2, 0) is 19.6 Å². The van der Waals surface area contributed by atoms with E-state index < -0.39 is 22.0 Å². The zero-order valence-corrected chi connectivity index (χ0v) is 14.5. The van der Waals surface area contributed by atoms with Gasteiger partial charge in [0.15, 0.2) is 0 Å². The number of carbonyl (C=O) groups excluding carboxylic acids is 1. The van der Waals surface area contributed by atoms with Crippen LogP contribution in [-0.4, -0.2) is 44.4 Å². The van der Waals surface area contributed by atoms with Gasteiger partial charge in [0.25, 0.3) is 0 Å². The maximum Gasteiger partial charge on any atom is 0.247 e. The lowest BCUT2D eigenvalue weighted by Crippen LogP contribution is -2.50. The molecule has 2 fully saturated rings. The van der Waals surface area contributed by atoms with Crippen molar-refractivity contribution in [2.24, 2.45) is 5.73 Å². The molecule has 24 heavy (non-hydrogen) atoms. The summed E-state index contributed by atoms with van der Waals surface area (Å²) in [5.74, 6) is -0.0966. The molecule has 3 rings (SSSR count). The summed E-state index contributed by atoms with van der Waals surface area (Å²) in [6.07, 6.45) is 5.25. The molecule has 1 heterocycles. The molecular weight excluding hydrogens is 328 g/mol. The molecule has 132 valence electrons. The first-order valence-corrected chi connectivity index (χ1v) is 9.93. The third-order valence-corrected chi connectivity index (χ3v) is 6.82. The smallest absolute Gasteiger partial charge is 0.247 e. The molecule has 1 aliphatic heterocycles. The van der Waals surface area contributed by atoms with E-state index in [1.807, 2.05) is 12.1 Å². The maximum atomic E-state index is 12.8. The van der Waals surface area contributed by atoms with Gasteiger partial charge >= 0.3 is 0 Å². The zero-order valence-electron chi connectivity index (χ0n) is 13.7. The van der Waals surface area contributed by atoms with Gasteiger partial charge in [0.05, 0.1) is 11.5 Å². The van der Waals surface area contributed by atoms with Gasteiger partial charge < -0.3 is 10.5 Å². The fourth-order valence-electron chi connectivity index (χ4n) is 3.51. The van der Waals surface area contributed by atoms with Crippen molar-refractivity contribution in [3.8, 4) is 0 Å². The van der Waals surface area contributed by atoms with Crippen LogP contribution in [0.1, 0.15) is 43.6 Å². The van der Waals surface area contributed by atoms with E-state index in [1.54, 1.807) is 12.1 Å². The van der Waals surface area contributed by atoms with Crippen LogP contribution in [0.2, 0.25) is 0 Å². The van der Waals surface area contributed by atoms with Crippen LogP contribution in [0.15, 0.2) is 29.2 Å². The molecular formula is C17H24N2O4S. The maximum absolute atomic E-state index is 12.8. The summed E-state index contributed by atoms with van der Waals surface area (Å²) in [6.45, 7) is 0.380. The molecule has 1 saturated heterocycles. The Morgan fingerprint density at radius 3 is 2.42 bits per heavy atom. The number of amides is 1. The molecule has 1 amide bonds. The van der Waals surface area contributed by atoms with Crippen molar-refractivity contribution in [1.29, 1.82) is 0 Å². The molecule has 1 aliphatic carbocycles. The van der Waals surface area contributed by atoms with Crippen molar-refractivity contribution in [2.75, 3.05) is 19.7 Å². The number of nitrogens with two attached hydrogens (primary N) is 1. The lowest BCUT2D eigenvalue weighted by Gasteiger charge is -2.30. The number of ether oxygens (including phenoxy) is 1. The minimum atomic E-state index is -3.63. The van der Waals surface area contributed by atoms with Crippen molar-refractivity contribution in [2.45, 2.75) is 49.0 Å². The summed E-state index contributed by atoms with van der Waals surface area (Å²) in [5.41, 5.74) is 6.44. The van der Waals surface area contributed by atoms with Gasteiger partial charge in [-0.1, -0.05) is 31.4 Å². The van der Waals surface area contributed by atoms with Crippen LogP contribution >= 0.6 is 0 Å². The van der Waals surface area contributed by atoms with Crippen LogP contribution in [0.4, 0.5) is 0 Å². The second-order valence-electron chi connectivity index (χ2n) is 6.53. The minimum absolute atomic E-state index is 0.0258. The minimum Gasteiger partial charge on any atom is -0.367 e. The van der Waals surface area contributed by atoms with Gasteiger partial charge in [0.1, 0.15) is 6.10 Å². The fourth-order valence-corrected chi connectivity index (χ4v) is 4.94. The van der Waals surface area contributed by atoms with E-state index in [0.717, 1.165) is 0 Å². The van der Waals surface area contributed by atoms with Crippen LogP contribution in [0, 0.1) is 0 Å². The quantitative estimate of drug-likeness (QED) is 0.891. The number of benzene rings is 1. The van der Waals surface area contributed by atoms with Gasteiger partial charge in [-0.3, -0.25) is 4.79 Å². The van der Waals surface area contributed by atoms with E-state index in [4.69, 9.17) is 10.5 Å². The summed E-state index contributed by atoms with van der Waals surface area (Å²) < 4.78 is 32.0. The predicted octanol–water partition coefficient (Wildman–Crippen LogP) is 1.61. The van der Waals surface area contributed by atoms with Crippen molar-refractivity contribution in [3.05, 3.63) is 29.8 Å². The molecule has 6 nitrogen and oxygen atoms in total. The number of carbonyl (C=O) groups is 1. The van der Waals surface area contributed by atoms with Crippen LogP contribution < -0.4 is 5.73 Å². The summed E-state index contributed by atoms with van der Waals surface area (Å²) >= 11 is 0. The predicted molar refractivity (Wildman–Crippen MR) is 90.0 cm³/mol. The third kappa shape index (κ3) is 3.63. The molecule has 1 saturated carbocycles. The summed E-state index contributed by atoms with van der Waals surface area (Å²) in [5, 5.41) is 0. The average molecular weight is 352 g/mol. The Hall–Kier alpha value is -1.44. The van der Waals surface area contributed by atoms with Gasteiger partial charge in [0, 0.05) is 13.1 Å². The Bertz CT molecular complexity index is 681. The van der Waals surface area contributed by atoms with Gasteiger partial charge in [-0.05, 0) is 36.5 Å². The van der Waals surface area contributed by atoms with Gasteiger partial charge in [-0.25, -0.2) is 8.42 Å². The highest BCUT2D eigenvalue weighted by Crippen LogP contribution is 2.33. The molecule has 0 radical (unpaired) electrons. The SMILES string of the molecule is NC(=O)C1CN(S(=O)(=O)c2ccc(C3CCCCC3)cc2)CCO1. The van der Waals surface area contributed by atoms with E-state index in [0.29, 0.717) is 5.92 Å². The summed E-state index contributed by atoms with van der Waals surface area (Å²) in [7, 11) is -3.63. The molecule has 0 spiro atoms. The molecule has 0 aromatic heterocycles. The second kappa shape index (κ2) is 7.21. The number of nitrogens with zero attached hydrogens (tertiary/aromatic N) is 1. The van der Waals surface area contributed by atoms with E-state index in [1.165, 1.54) is 42.0 Å². The van der Waals surface area contributed by atoms with Crippen LogP contribution in [0.3, 0.4) is 0 Å². The summed E-state index contributed by atoms with van der Waals surface area (Å²) in [6, 6.07) is 7.20. The number of hydrogen-bond acceptors (Lipinski definition) is 4. The van der Waals surface area contributed by atoms with E-state index in [-0.39, 0.29) is 24.6 Å². The number of morpholine rings is 1. The first-order valence-electron chi connectivity index (χ1n) is 8.49. The molecule has 2 aliphatic rings. The molecule has 0 bridgehead atoms. The average Bonchev–Trinajstić information content (AvgIpc) is 2.62. The van der Waals surface area contributed by atoms with E-state index >= 15 is 0 Å². The molecule has 1 unspecified atom stereocenters. The highest BCUT2D eigenvalue weighted by atomic mass is 32.2. The topological polar surface area (TPSA) is 89.7 Å². The van der Waals surface area contributed by atoms with Gasteiger partial charge in [-0.2, -0.15) is 4.31 Å². The highest BCUT2D eigenvalue weighted by molar-refractivity contribution is 7.89. The zero-order chi connectivity index (χ0) is 17.2. The first-order chi connectivity index (χ1) is 11.5. The first kappa shape index (κ1) is 17.4. The van der Waals surface area contributed by atoms with E-state index in [2.05, 4.69) is 0 Å². The Morgan fingerprint density at radius 2 is 1.79 bits per heavy atom.